The van der Waals surface area contributed by atoms with Gasteiger partial charge in [0.25, 0.3) is 0 Å². The molecule has 0 aromatic heterocycles. The van der Waals surface area contributed by atoms with Gasteiger partial charge in [0.05, 0.1) is 25.8 Å². The molecule has 84 valence electrons. The van der Waals surface area contributed by atoms with Gasteiger partial charge in [-0.1, -0.05) is 11.6 Å². The van der Waals surface area contributed by atoms with Gasteiger partial charge in [0.1, 0.15) is 5.75 Å². The van der Waals surface area contributed by atoms with E-state index in [0.717, 1.165) is 0 Å². The topological polar surface area (TPSA) is 46.6 Å². The number of nitrogens with zero attached hydrogens (tertiary/aromatic N) is 1. The molecule has 0 saturated carbocycles. The summed E-state index contributed by atoms with van der Waals surface area (Å²) < 4.78 is 5.13. The Morgan fingerprint density at radius 1 is 1.38 bits per heavy atom. The monoisotopic (exact) mass is 239 g/mol. The van der Waals surface area contributed by atoms with E-state index in [2.05, 4.69) is 0 Å². The molecule has 0 N–H and O–H groups in total. The van der Waals surface area contributed by atoms with Crippen molar-refractivity contribution in [1.29, 1.82) is 0 Å². The van der Waals surface area contributed by atoms with Crippen molar-refractivity contribution in [3.8, 4) is 5.75 Å². The fourth-order valence-electron chi connectivity index (χ4n) is 1.68. The highest BCUT2D eigenvalue weighted by Crippen LogP contribution is 2.32. The Kier molecular flexibility index (Phi) is 2.83. The summed E-state index contributed by atoms with van der Waals surface area (Å²) >= 11 is 5.82. The molecule has 1 fully saturated rings. The number of carbonyl (C=O) groups is 2. The number of ketones is 1. The minimum Gasteiger partial charge on any atom is -0.495 e. The van der Waals surface area contributed by atoms with Crippen LogP contribution in [-0.4, -0.2) is 25.3 Å². The third-order valence-electron chi connectivity index (χ3n) is 2.42. The number of Topliss-reactive ketones (excluding diaryl/α,β-unsaturated/α-hetero) is 1. The summed E-state index contributed by atoms with van der Waals surface area (Å²) in [6.07, 6.45) is -0.0359. The van der Waals surface area contributed by atoms with Gasteiger partial charge in [0.2, 0.25) is 5.91 Å². The first kappa shape index (κ1) is 11.0. The minimum atomic E-state index is -0.203. The number of ether oxygens (including phenoxy) is 1. The molecule has 0 radical (unpaired) electrons. The largest absolute Gasteiger partial charge is 0.495 e. The van der Waals surface area contributed by atoms with Crippen molar-refractivity contribution in [2.24, 2.45) is 0 Å². The first-order valence-electron chi connectivity index (χ1n) is 4.77. The van der Waals surface area contributed by atoms with Gasteiger partial charge < -0.3 is 9.64 Å². The van der Waals surface area contributed by atoms with Crippen LogP contribution >= 0.6 is 11.6 Å². The van der Waals surface area contributed by atoms with E-state index in [-0.39, 0.29) is 24.7 Å². The lowest BCUT2D eigenvalue weighted by molar-refractivity contribution is -0.121. The predicted molar refractivity (Wildman–Crippen MR) is 60.0 cm³/mol. The van der Waals surface area contributed by atoms with Crippen molar-refractivity contribution in [2.75, 3.05) is 18.6 Å². The van der Waals surface area contributed by atoms with Gasteiger partial charge in [-0.25, -0.2) is 0 Å². The number of rotatable bonds is 2. The zero-order chi connectivity index (χ0) is 11.7. The van der Waals surface area contributed by atoms with Crippen molar-refractivity contribution in [2.45, 2.75) is 6.42 Å². The molecule has 16 heavy (non-hydrogen) atoms. The van der Waals surface area contributed by atoms with Crippen LogP contribution in [0.3, 0.4) is 0 Å². The van der Waals surface area contributed by atoms with Crippen LogP contribution in [0.2, 0.25) is 5.02 Å². The molecule has 0 atom stereocenters. The van der Waals surface area contributed by atoms with Crippen LogP contribution in [-0.2, 0) is 9.59 Å². The van der Waals surface area contributed by atoms with Gasteiger partial charge in [-0.05, 0) is 12.1 Å². The molecule has 1 aromatic carbocycles. The molecule has 1 heterocycles. The van der Waals surface area contributed by atoms with Gasteiger partial charge in [-0.2, -0.15) is 0 Å². The molecule has 2 rings (SSSR count). The van der Waals surface area contributed by atoms with E-state index in [1.807, 2.05) is 0 Å². The summed E-state index contributed by atoms with van der Waals surface area (Å²) in [6, 6.07) is 4.96. The highest BCUT2D eigenvalue weighted by molar-refractivity contribution is 6.31. The number of halogens is 1. The fraction of sp³-hybridized carbons (Fsp3) is 0.273. The molecule has 0 unspecified atom stereocenters. The quantitative estimate of drug-likeness (QED) is 0.738. The normalized spacial score (nSPS) is 15.8. The lowest BCUT2D eigenvalue weighted by Crippen LogP contribution is -2.24. The van der Waals surface area contributed by atoms with Gasteiger partial charge in [-0.15, -0.1) is 0 Å². The van der Waals surface area contributed by atoms with Crippen molar-refractivity contribution in [1.82, 2.24) is 0 Å². The summed E-state index contributed by atoms with van der Waals surface area (Å²) in [4.78, 5) is 24.1. The summed E-state index contributed by atoms with van der Waals surface area (Å²) in [5.74, 6) is 0.211. The predicted octanol–water partition coefficient (Wildman–Crippen LogP) is 1.65. The van der Waals surface area contributed by atoms with Crippen LogP contribution in [0, 0.1) is 0 Å². The minimum absolute atomic E-state index is 0.0359. The maximum Gasteiger partial charge on any atom is 0.235 e. The number of hydrogen-bond donors (Lipinski definition) is 0. The van der Waals surface area contributed by atoms with Crippen LogP contribution < -0.4 is 9.64 Å². The third-order valence-corrected chi connectivity index (χ3v) is 2.65. The molecule has 1 amide bonds. The summed E-state index contributed by atoms with van der Waals surface area (Å²) in [7, 11) is 1.50. The Labute approximate surface area is 97.7 Å². The first-order valence-corrected chi connectivity index (χ1v) is 5.15. The summed E-state index contributed by atoms with van der Waals surface area (Å²) in [5.41, 5.74) is 0.586. The van der Waals surface area contributed by atoms with E-state index in [1.165, 1.54) is 12.0 Å². The fourth-order valence-corrected chi connectivity index (χ4v) is 1.84. The van der Waals surface area contributed by atoms with Crippen LogP contribution in [0.15, 0.2) is 18.2 Å². The lowest BCUT2D eigenvalue weighted by atomic mass is 10.2. The van der Waals surface area contributed by atoms with E-state index in [4.69, 9.17) is 16.3 Å². The van der Waals surface area contributed by atoms with Crippen molar-refractivity contribution >= 4 is 29.0 Å². The highest BCUT2D eigenvalue weighted by Gasteiger charge is 2.30. The molecule has 1 saturated heterocycles. The van der Waals surface area contributed by atoms with Crippen LogP contribution in [0.1, 0.15) is 6.42 Å². The molecule has 0 spiro atoms. The second kappa shape index (κ2) is 4.14. The van der Waals surface area contributed by atoms with E-state index < -0.39 is 0 Å². The lowest BCUT2D eigenvalue weighted by Gasteiger charge is -2.18. The zero-order valence-corrected chi connectivity index (χ0v) is 9.45. The third kappa shape index (κ3) is 1.88. The smallest absolute Gasteiger partial charge is 0.235 e. The number of anilines is 1. The van der Waals surface area contributed by atoms with Crippen LogP contribution in [0.5, 0.6) is 5.75 Å². The molecular weight excluding hydrogens is 230 g/mol. The molecule has 4 nitrogen and oxygen atoms in total. The molecule has 0 bridgehead atoms. The zero-order valence-electron chi connectivity index (χ0n) is 8.70. The molecule has 0 aliphatic carbocycles. The van der Waals surface area contributed by atoms with Crippen LogP contribution in [0.25, 0.3) is 0 Å². The Bertz CT molecular complexity index is 459. The van der Waals surface area contributed by atoms with Crippen LogP contribution in [0.4, 0.5) is 5.69 Å². The molecule has 5 heteroatoms. The average Bonchev–Trinajstić information content (AvgIpc) is 2.57. The Balaban J connectivity index is 2.40. The van der Waals surface area contributed by atoms with Gasteiger partial charge in [0, 0.05) is 11.1 Å². The molecule has 1 aliphatic heterocycles. The van der Waals surface area contributed by atoms with Crippen molar-refractivity contribution in [3.63, 3.8) is 0 Å². The van der Waals surface area contributed by atoms with Gasteiger partial charge >= 0.3 is 0 Å². The Hall–Kier alpha value is -1.55. The van der Waals surface area contributed by atoms with Gasteiger partial charge in [-0.3, -0.25) is 9.59 Å². The number of benzene rings is 1. The number of hydrogen-bond acceptors (Lipinski definition) is 3. The number of carbonyl (C=O) groups excluding carboxylic acids is 2. The highest BCUT2D eigenvalue weighted by atomic mass is 35.5. The second-order valence-corrected chi connectivity index (χ2v) is 3.95. The van der Waals surface area contributed by atoms with E-state index >= 15 is 0 Å². The van der Waals surface area contributed by atoms with E-state index in [0.29, 0.717) is 16.5 Å². The maximum atomic E-state index is 11.6. The van der Waals surface area contributed by atoms with Crippen molar-refractivity contribution < 1.29 is 14.3 Å². The Morgan fingerprint density at radius 3 is 2.69 bits per heavy atom. The maximum absolute atomic E-state index is 11.6. The SMILES string of the molecule is COc1cc(Cl)ccc1N1CC(=O)CC1=O. The number of methoxy groups -OCH3 is 1. The summed E-state index contributed by atoms with van der Waals surface area (Å²) in [5, 5.41) is 0.526. The number of amides is 1. The van der Waals surface area contributed by atoms with E-state index in [1.54, 1.807) is 18.2 Å². The van der Waals surface area contributed by atoms with Gasteiger partial charge in [0.15, 0.2) is 5.78 Å². The summed E-state index contributed by atoms with van der Waals surface area (Å²) in [6.45, 7) is 0.108. The molecule has 1 aliphatic rings. The van der Waals surface area contributed by atoms with E-state index in [9.17, 15) is 9.59 Å². The molecule has 1 aromatic rings. The molecular formula is C11H10ClNO3. The standard InChI is InChI=1S/C11H10ClNO3/c1-16-10-4-7(12)2-3-9(10)13-6-8(14)5-11(13)15/h2-4H,5-6H2,1H3. The average molecular weight is 240 g/mol. The first-order chi connectivity index (χ1) is 7.61. The van der Waals surface area contributed by atoms with Crippen molar-refractivity contribution in [3.05, 3.63) is 23.2 Å². The second-order valence-electron chi connectivity index (χ2n) is 3.51. The Morgan fingerprint density at radius 2 is 2.12 bits per heavy atom.